The van der Waals surface area contributed by atoms with Gasteiger partial charge in [0.15, 0.2) is 6.80 Å². The number of hydrogen-bond donors (Lipinski definition) is 0. The van der Waals surface area contributed by atoms with Crippen LogP contribution in [0.15, 0.2) is 48.5 Å². The SMILES string of the molecule is O=C1c2c(cccc2OCc2ccccc2)CC(Br)N1CF. The highest BCUT2D eigenvalue weighted by molar-refractivity contribution is 9.09. The molecule has 1 unspecified atom stereocenters. The lowest BCUT2D eigenvalue weighted by Gasteiger charge is -2.31. The molecule has 1 heterocycles. The quantitative estimate of drug-likeness (QED) is 0.608. The smallest absolute Gasteiger partial charge is 0.260 e. The number of carbonyl (C=O) groups excluding carboxylic acids is 1. The Labute approximate surface area is 136 Å². The number of halogens is 2. The molecular weight excluding hydrogens is 349 g/mol. The highest BCUT2D eigenvalue weighted by atomic mass is 79.9. The third-order valence-electron chi connectivity index (χ3n) is 3.68. The van der Waals surface area contributed by atoms with Crippen LogP contribution in [0.4, 0.5) is 4.39 Å². The second kappa shape index (κ2) is 6.48. The molecule has 3 rings (SSSR count). The van der Waals surface area contributed by atoms with Crippen LogP contribution in [0.5, 0.6) is 5.75 Å². The van der Waals surface area contributed by atoms with Crippen molar-refractivity contribution in [2.24, 2.45) is 0 Å². The van der Waals surface area contributed by atoms with E-state index in [1.54, 1.807) is 6.07 Å². The average molecular weight is 364 g/mol. The number of hydrogen-bond acceptors (Lipinski definition) is 2. The molecule has 1 atom stereocenters. The second-order valence-corrected chi connectivity index (χ2v) is 6.15. The summed E-state index contributed by atoms with van der Waals surface area (Å²) in [5.41, 5.74) is 2.36. The van der Waals surface area contributed by atoms with Crippen LogP contribution in [-0.2, 0) is 13.0 Å². The van der Waals surface area contributed by atoms with Crippen molar-refractivity contribution in [2.75, 3.05) is 6.80 Å². The molecule has 0 aliphatic carbocycles. The predicted molar refractivity (Wildman–Crippen MR) is 85.8 cm³/mol. The van der Waals surface area contributed by atoms with Crippen LogP contribution in [0.3, 0.4) is 0 Å². The van der Waals surface area contributed by atoms with E-state index in [4.69, 9.17) is 4.74 Å². The zero-order chi connectivity index (χ0) is 15.5. The van der Waals surface area contributed by atoms with Gasteiger partial charge in [0.1, 0.15) is 12.4 Å². The predicted octanol–water partition coefficient (Wildman–Crippen LogP) is 3.91. The lowest BCUT2D eigenvalue weighted by molar-refractivity contribution is 0.0633. The molecule has 0 N–H and O–H groups in total. The maximum absolute atomic E-state index is 13.1. The van der Waals surface area contributed by atoms with Crippen molar-refractivity contribution in [3.8, 4) is 5.75 Å². The fourth-order valence-corrected chi connectivity index (χ4v) is 3.18. The van der Waals surface area contributed by atoms with E-state index in [1.807, 2.05) is 42.5 Å². The minimum atomic E-state index is -0.818. The molecule has 0 saturated carbocycles. The van der Waals surface area contributed by atoms with Crippen molar-refractivity contribution < 1.29 is 13.9 Å². The molecule has 22 heavy (non-hydrogen) atoms. The molecule has 0 fully saturated rings. The summed E-state index contributed by atoms with van der Waals surface area (Å²) in [6.45, 7) is -0.445. The standard InChI is InChI=1S/C17H15BrFNO2/c18-15-9-13-7-4-8-14(16(13)17(21)20(15)11-19)22-10-12-5-2-1-3-6-12/h1-8,15H,9-11H2. The first-order valence-electron chi connectivity index (χ1n) is 7.00. The van der Waals surface area contributed by atoms with E-state index in [0.717, 1.165) is 16.0 Å². The van der Waals surface area contributed by atoms with E-state index in [9.17, 15) is 9.18 Å². The Morgan fingerprint density at radius 3 is 2.68 bits per heavy atom. The van der Waals surface area contributed by atoms with E-state index in [1.165, 1.54) is 0 Å². The maximum Gasteiger partial charge on any atom is 0.260 e. The molecule has 0 spiro atoms. The zero-order valence-corrected chi connectivity index (χ0v) is 13.4. The number of nitrogens with zero attached hydrogens (tertiary/aromatic N) is 1. The van der Waals surface area contributed by atoms with Gasteiger partial charge in [0.05, 0.1) is 10.5 Å². The Morgan fingerprint density at radius 2 is 1.95 bits per heavy atom. The number of rotatable bonds is 4. The van der Waals surface area contributed by atoms with Gasteiger partial charge in [-0.2, -0.15) is 0 Å². The summed E-state index contributed by atoms with van der Waals surface area (Å²) in [4.78, 5) is 13.3. The molecule has 5 heteroatoms. The summed E-state index contributed by atoms with van der Waals surface area (Å²) >= 11 is 3.35. The van der Waals surface area contributed by atoms with Gasteiger partial charge in [-0.25, -0.2) is 4.39 Å². The van der Waals surface area contributed by atoms with Crippen LogP contribution in [0.1, 0.15) is 21.5 Å². The van der Waals surface area contributed by atoms with Gasteiger partial charge in [-0.3, -0.25) is 9.69 Å². The van der Waals surface area contributed by atoms with E-state index in [0.29, 0.717) is 24.3 Å². The Morgan fingerprint density at radius 1 is 1.18 bits per heavy atom. The topological polar surface area (TPSA) is 29.5 Å². The first kappa shape index (κ1) is 15.0. The van der Waals surface area contributed by atoms with E-state index in [-0.39, 0.29) is 10.9 Å². The van der Waals surface area contributed by atoms with Crippen LogP contribution in [0.25, 0.3) is 0 Å². The van der Waals surface area contributed by atoms with E-state index < -0.39 is 6.80 Å². The highest BCUT2D eigenvalue weighted by Gasteiger charge is 2.33. The molecule has 2 aromatic rings. The summed E-state index contributed by atoms with van der Waals surface area (Å²) in [6.07, 6.45) is 0.563. The molecule has 1 aliphatic rings. The third kappa shape index (κ3) is 2.86. The van der Waals surface area contributed by atoms with Crippen molar-refractivity contribution in [3.05, 3.63) is 65.2 Å². The minimum absolute atomic E-state index is 0.318. The van der Waals surface area contributed by atoms with Crippen LogP contribution in [0, 0.1) is 0 Å². The van der Waals surface area contributed by atoms with Crippen molar-refractivity contribution in [1.29, 1.82) is 0 Å². The van der Waals surface area contributed by atoms with Crippen LogP contribution in [-0.4, -0.2) is 22.6 Å². The fraction of sp³-hybridized carbons (Fsp3) is 0.235. The van der Waals surface area contributed by atoms with Gasteiger partial charge in [-0.05, 0) is 17.2 Å². The highest BCUT2D eigenvalue weighted by Crippen LogP contribution is 2.32. The number of amides is 1. The molecular formula is C17H15BrFNO2. The largest absolute Gasteiger partial charge is 0.488 e. The van der Waals surface area contributed by atoms with Crippen molar-refractivity contribution >= 4 is 21.8 Å². The van der Waals surface area contributed by atoms with Crippen molar-refractivity contribution in [3.63, 3.8) is 0 Å². The number of benzene rings is 2. The monoisotopic (exact) mass is 363 g/mol. The van der Waals surface area contributed by atoms with Crippen molar-refractivity contribution in [2.45, 2.75) is 18.0 Å². The number of ether oxygens (including phenoxy) is 1. The molecule has 3 nitrogen and oxygen atoms in total. The van der Waals surface area contributed by atoms with Crippen LogP contribution in [0.2, 0.25) is 0 Å². The Bertz CT molecular complexity index is 678. The molecule has 0 saturated heterocycles. The lowest BCUT2D eigenvalue weighted by atomic mass is 9.98. The van der Waals surface area contributed by atoms with Gasteiger partial charge in [-0.1, -0.05) is 58.4 Å². The van der Waals surface area contributed by atoms with E-state index in [2.05, 4.69) is 15.9 Å². The second-order valence-electron chi connectivity index (χ2n) is 5.10. The molecule has 0 bridgehead atoms. The summed E-state index contributed by atoms with van der Waals surface area (Å²) < 4.78 is 18.9. The van der Waals surface area contributed by atoms with E-state index >= 15 is 0 Å². The Hall–Kier alpha value is -1.88. The van der Waals surface area contributed by atoms with Gasteiger partial charge in [0.25, 0.3) is 5.91 Å². The van der Waals surface area contributed by atoms with Gasteiger partial charge in [0, 0.05) is 6.42 Å². The molecule has 1 amide bonds. The summed E-state index contributed by atoms with van der Waals surface area (Å²) in [7, 11) is 0. The first-order valence-corrected chi connectivity index (χ1v) is 7.92. The fourth-order valence-electron chi connectivity index (χ4n) is 2.54. The Kier molecular flexibility index (Phi) is 4.43. The molecule has 0 aromatic heterocycles. The van der Waals surface area contributed by atoms with Gasteiger partial charge in [-0.15, -0.1) is 0 Å². The maximum atomic E-state index is 13.1. The Balaban J connectivity index is 1.88. The number of fused-ring (bicyclic) bond motifs is 1. The normalized spacial score (nSPS) is 17.3. The van der Waals surface area contributed by atoms with Gasteiger partial charge >= 0.3 is 0 Å². The summed E-state index contributed by atoms with van der Waals surface area (Å²) in [6, 6.07) is 15.2. The number of alkyl halides is 2. The number of carbonyl (C=O) groups is 1. The van der Waals surface area contributed by atoms with Crippen LogP contribution < -0.4 is 4.74 Å². The zero-order valence-electron chi connectivity index (χ0n) is 11.8. The molecule has 0 radical (unpaired) electrons. The third-order valence-corrected chi connectivity index (χ3v) is 4.50. The minimum Gasteiger partial charge on any atom is -0.488 e. The average Bonchev–Trinajstić information content (AvgIpc) is 2.54. The first-order chi connectivity index (χ1) is 10.7. The van der Waals surface area contributed by atoms with Crippen LogP contribution >= 0.6 is 15.9 Å². The van der Waals surface area contributed by atoms with Gasteiger partial charge < -0.3 is 4.74 Å². The van der Waals surface area contributed by atoms with Gasteiger partial charge in [0.2, 0.25) is 0 Å². The summed E-state index contributed by atoms with van der Waals surface area (Å²) in [5.74, 6) is 0.165. The van der Waals surface area contributed by atoms with Crippen molar-refractivity contribution in [1.82, 2.24) is 4.90 Å². The molecule has 1 aliphatic heterocycles. The summed E-state index contributed by atoms with van der Waals surface area (Å²) in [5, 5.41) is 0. The molecule has 114 valence electrons. The molecule has 2 aromatic carbocycles. The lowest BCUT2D eigenvalue weighted by Crippen LogP contribution is -2.42.